The first-order valence-electron chi connectivity index (χ1n) is 9.17. The van der Waals surface area contributed by atoms with Gasteiger partial charge in [0, 0.05) is 13.1 Å². The molecule has 3 aromatic rings. The fraction of sp³-hybridized carbons (Fsp3) is 0.389. The molecule has 0 unspecified atom stereocenters. The summed E-state index contributed by atoms with van der Waals surface area (Å²) in [7, 11) is 0. The van der Waals surface area contributed by atoms with Gasteiger partial charge in [-0.05, 0) is 35.6 Å². The maximum Gasteiger partial charge on any atom is 0.416 e. The maximum atomic E-state index is 13.0. The summed E-state index contributed by atoms with van der Waals surface area (Å²) in [5.74, 6) is -0.688. The first-order valence-corrected chi connectivity index (χ1v) is 9.99. The summed E-state index contributed by atoms with van der Waals surface area (Å²) in [6.45, 7) is 0.974. The Labute approximate surface area is 173 Å². The lowest BCUT2D eigenvalue weighted by molar-refractivity contribution is -0.138. The van der Waals surface area contributed by atoms with Gasteiger partial charge in [-0.2, -0.15) is 18.0 Å². The van der Waals surface area contributed by atoms with Gasteiger partial charge in [0.05, 0.1) is 16.6 Å². The molecule has 2 aromatic heterocycles. The van der Waals surface area contributed by atoms with Crippen LogP contribution in [0.3, 0.4) is 0 Å². The van der Waals surface area contributed by atoms with Crippen LogP contribution in [0.15, 0.2) is 30.5 Å². The second kappa shape index (κ2) is 8.01. The number of benzene rings is 1. The van der Waals surface area contributed by atoms with Gasteiger partial charge in [0.2, 0.25) is 5.82 Å². The molecule has 4 rings (SSSR count). The second-order valence-electron chi connectivity index (χ2n) is 6.93. The first kappa shape index (κ1) is 20.3. The number of aliphatic carboxylic acids is 1. The number of piperidine rings is 1. The molecular formula is C18H17F3N6O2S. The Balaban J connectivity index is 1.40. The average molecular weight is 438 g/mol. The number of aromatic nitrogens is 5. The van der Waals surface area contributed by atoms with Crippen molar-refractivity contribution in [1.29, 1.82) is 0 Å². The molecule has 1 aliphatic heterocycles. The molecule has 0 spiro atoms. The number of tetrazole rings is 1. The Morgan fingerprint density at radius 3 is 2.73 bits per heavy atom. The van der Waals surface area contributed by atoms with E-state index >= 15 is 0 Å². The molecule has 0 atom stereocenters. The number of hydrogen-bond acceptors (Lipinski definition) is 7. The number of thiazole rings is 1. The van der Waals surface area contributed by atoms with Crippen LogP contribution >= 0.6 is 11.3 Å². The number of halogens is 3. The molecule has 0 amide bonds. The van der Waals surface area contributed by atoms with Crippen LogP contribution in [0, 0.1) is 0 Å². The van der Waals surface area contributed by atoms with E-state index in [1.165, 1.54) is 23.5 Å². The smallest absolute Gasteiger partial charge is 0.416 e. The highest BCUT2D eigenvalue weighted by molar-refractivity contribution is 7.18. The first-order chi connectivity index (χ1) is 14.3. The van der Waals surface area contributed by atoms with Crippen molar-refractivity contribution < 1.29 is 23.1 Å². The number of carboxylic acids is 1. The predicted molar refractivity (Wildman–Crippen MR) is 102 cm³/mol. The molecule has 0 bridgehead atoms. The normalized spacial score (nSPS) is 15.5. The van der Waals surface area contributed by atoms with Gasteiger partial charge in [0.1, 0.15) is 0 Å². The molecule has 3 heterocycles. The molecule has 158 valence electrons. The summed E-state index contributed by atoms with van der Waals surface area (Å²) >= 11 is 1.37. The molecule has 0 radical (unpaired) electrons. The Kier molecular flexibility index (Phi) is 5.41. The van der Waals surface area contributed by atoms with Gasteiger partial charge in [-0.25, -0.2) is 4.98 Å². The molecule has 1 aromatic carbocycles. The minimum Gasteiger partial charge on any atom is -0.480 e. The van der Waals surface area contributed by atoms with Crippen LogP contribution in [0.4, 0.5) is 18.3 Å². The fourth-order valence-corrected chi connectivity index (χ4v) is 4.31. The standard InChI is InChI=1S/C18H17F3N6O2S/c19-18(20,21)13-3-1-2-12(8-13)11-4-6-26(7-5-11)17-22-9-14(30-17)16-23-25-27(24-16)10-15(28)29/h1-3,8-9,11H,4-7,10H2,(H,28,29). The van der Waals surface area contributed by atoms with Gasteiger partial charge in [-0.3, -0.25) is 4.79 Å². The summed E-state index contributed by atoms with van der Waals surface area (Å²) < 4.78 is 38.9. The topological polar surface area (TPSA) is 97.0 Å². The van der Waals surface area contributed by atoms with Crippen LogP contribution in [0.25, 0.3) is 10.7 Å². The second-order valence-corrected chi connectivity index (χ2v) is 7.94. The van der Waals surface area contributed by atoms with E-state index < -0.39 is 17.7 Å². The Morgan fingerprint density at radius 2 is 2.03 bits per heavy atom. The van der Waals surface area contributed by atoms with Crippen LogP contribution in [-0.2, 0) is 17.5 Å². The fourth-order valence-electron chi connectivity index (χ4n) is 3.42. The number of alkyl halides is 3. The van der Waals surface area contributed by atoms with Crippen LogP contribution < -0.4 is 4.90 Å². The largest absolute Gasteiger partial charge is 0.480 e. The quantitative estimate of drug-likeness (QED) is 0.653. The molecule has 1 saturated heterocycles. The molecule has 1 N–H and O–H groups in total. The van der Waals surface area contributed by atoms with Gasteiger partial charge in [-0.1, -0.05) is 29.5 Å². The lowest BCUT2D eigenvalue weighted by Crippen LogP contribution is -2.32. The van der Waals surface area contributed by atoms with Gasteiger partial charge in [-0.15, -0.1) is 10.2 Å². The lowest BCUT2D eigenvalue weighted by Gasteiger charge is -2.32. The highest BCUT2D eigenvalue weighted by atomic mass is 32.1. The van der Waals surface area contributed by atoms with E-state index in [2.05, 4.69) is 25.3 Å². The predicted octanol–water partition coefficient (Wildman–Crippen LogP) is 3.28. The molecule has 0 aliphatic carbocycles. The Bertz CT molecular complexity index is 1040. The zero-order chi connectivity index (χ0) is 21.3. The van der Waals surface area contributed by atoms with Crippen molar-refractivity contribution in [2.75, 3.05) is 18.0 Å². The Morgan fingerprint density at radius 1 is 1.27 bits per heavy atom. The molecule has 8 nitrogen and oxygen atoms in total. The molecule has 1 fully saturated rings. The van der Waals surface area contributed by atoms with Crippen molar-refractivity contribution in [1.82, 2.24) is 25.2 Å². The van der Waals surface area contributed by atoms with Crippen molar-refractivity contribution in [2.24, 2.45) is 0 Å². The van der Waals surface area contributed by atoms with Crippen LogP contribution in [0.5, 0.6) is 0 Å². The highest BCUT2D eigenvalue weighted by Crippen LogP contribution is 2.36. The van der Waals surface area contributed by atoms with Crippen molar-refractivity contribution in [3.05, 3.63) is 41.6 Å². The van der Waals surface area contributed by atoms with Gasteiger partial charge < -0.3 is 10.0 Å². The number of hydrogen-bond donors (Lipinski definition) is 1. The van der Waals surface area contributed by atoms with E-state index in [0.717, 1.165) is 28.8 Å². The number of carboxylic acid groups (broad SMARTS) is 1. The molecule has 12 heteroatoms. The van der Waals surface area contributed by atoms with Gasteiger partial charge >= 0.3 is 12.1 Å². The highest BCUT2D eigenvalue weighted by Gasteiger charge is 2.31. The summed E-state index contributed by atoms with van der Waals surface area (Å²) in [4.78, 5) is 18.9. The third-order valence-corrected chi connectivity index (χ3v) is 5.95. The van der Waals surface area contributed by atoms with E-state index in [4.69, 9.17) is 5.11 Å². The van der Waals surface area contributed by atoms with E-state index in [9.17, 15) is 18.0 Å². The third kappa shape index (κ3) is 4.42. The monoisotopic (exact) mass is 438 g/mol. The zero-order valence-corrected chi connectivity index (χ0v) is 16.4. The maximum absolute atomic E-state index is 13.0. The zero-order valence-electron chi connectivity index (χ0n) is 15.6. The minimum atomic E-state index is -4.34. The van der Waals surface area contributed by atoms with E-state index in [1.807, 2.05) is 0 Å². The molecular weight excluding hydrogens is 421 g/mol. The van der Waals surface area contributed by atoms with Crippen LogP contribution in [-0.4, -0.2) is 49.4 Å². The summed E-state index contributed by atoms with van der Waals surface area (Å²) in [5.41, 5.74) is 0.0963. The minimum absolute atomic E-state index is 0.0700. The average Bonchev–Trinajstić information content (AvgIpc) is 3.37. The third-order valence-electron chi connectivity index (χ3n) is 4.89. The number of anilines is 1. The lowest BCUT2D eigenvalue weighted by atomic mass is 9.88. The summed E-state index contributed by atoms with van der Waals surface area (Å²) in [5, 5.41) is 21.1. The number of carbonyl (C=O) groups is 1. The van der Waals surface area contributed by atoms with E-state index in [1.54, 1.807) is 12.3 Å². The Hall–Kier alpha value is -3.02. The molecule has 1 aliphatic rings. The van der Waals surface area contributed by atoms with Crippen molar-refractivity contribution in [2.45, 2.75) is 31.5 Å². The summed E-state index contributed by atoms with van der Waals surface area (Å²) in [6.07, 6.45) is -1.28. The van der Waals surface area contributed by atoms with Crippen LogP contribution in [0.2, 0.25) is 0 Å². The number of nitrogens with zero attached hydrogens (tertiary/aromatic N) is 6. The number of rotatable bonds is 5. The van der Waals surface area contributed by atoms with Crippen molar-refractivity contribution in [3.8, 4) is 10.7 Å². The van der Waals surface area contributed by atoms with Gasteiger partial charge in [0.25, 0.3) is 0 Å². The van der Waals surface area contributed by atoms with Crippen molar-refractivity contribution >= 4 is 22.4 Å². The molecule has 0 saturated carbocycles. The van der Waals surface area contributed by atoms with Crippen LogP contribution in [0.1, 0.15) is 29.9 Å². The molecule has 30 heavy (non-hydrogen) atoms. The SMILES string of the molecule is O=C(O)Cn1nnc(-c2cnc(N3CCC(c4cccc(C(F)(F)F)c4)CC3)s2)n1. The van der Waals surface area contributed by atoms with Crippen molar-refractivity contribution in [3.63, 3.8) is 0 Å². The van der Waals surface area contributed by atoms with Gasteiger partial charge in [0.15, 0.2) is 11.7 Å². The van der Waals surface area contributed by atoms with E-state index in [-0.39, 0.29) is 12.5 Å². The van der Waals surface area contributed by atoms with E-state index in [0.29, 0.717) is 29.4 Å². The summed E-state index contributed by atoms with van der Waals surface area (Å²) in [6, 6.07) is 5.55.